The second kappa shape index (κ2) is 9.35. The zero-order valence-corrected chi connectivity index (χ0v) is 18.4. The Morgan fingerprint density at radius 3 is 2.29 bits per heavy atom. The number of carbonyl (C=O) groups is 1. The summed E-state index contributed by atoms with van der Waals surface area (Å²) in [5.41, 5.74) is 2.76. The standard InChI is InChI=1S/C22H27N3O5S/c1-17-3-2-4-18(15-17)22(26)23-20-16-19(31(27,28)25-9-13-30-14-10-25)5-6-21(20)24-7-11-29-12-8-24/h2-6,15-16H,7-14H2,1H3,(H,23,26). The molecule has 2 aromatic carbocycles. The van der Waals surface area contributed by atoms with Gasteiger partial charge in [-0.15, -0.1) is 0 Å². The first-order valence-electron chi connectivity index (χ1n) is 10.4. The van der Waals surface area contributed by atoms with E-state index in [-0.39, 0.29) is 10.8 Å². The van der Waals surface area contributed by atoms with E-state index in [9.17, 15) is 13.2 Å². The van der Waals surface area contributed by atoms with Crippen molar-refractivity contribution in [3.8, 4) is 0 Å². The molecule has 166 valence electrons. The van der Waals surface area contributed by atoms with Crippen molar-refractivity contribution in [3.63, 3.8) is 0 Å². The number of benzene rings is 2. The lowest BCUT2D eigenvalue weighted by molar-refractivity contribution is 0.0730. The molecule has 0 radical (unpaired) electrons. The molecule has 2 aliphatic heterocycles. The number of aryl methyl sites for hydroxylation is 1. The molecule has 0 bridgehead atoms. The van der Waals surface area contributed by atoms with Crippen LogP contribution in [0.15, 0.2) is 47.4 Å². The average Bonchev–Trinajstić information content (AvgIpc) is 2.80. The fourth-order valence-corrected chi connectivity index (χ4v) is 5.21. The number of morpholine rings is 2. The molecule has 2 aromatic rings. The summed E-state index contributed by atoms with van der Waals surface area (Å²) in [6.07, 6.45) is 0. The largest absolute Gasteiger partial charge is 0.379 e. The van der Waals surface area contributed by atoms with E-state index in [1.807, 2.05) is 19.1 Å². The van der Waals surface area contributed by atoms with Crippen LogP contribution < -0.4 is 10.2 Å². The highest BCUT2D eigenvalue weighted by molar-refractivity contribution is 7.89. The zero-order valence-electron chi connectivity index (χ0n) is 17.5. The van der Waals surface area contributed by atoms with Crippen molar-refractivity contribution in [2.75, 3.05) is 62.8 Å². The highest BCUT2D eigenvalue weighted by Crippen LogP contribution is 2.31. The molecule has 0 unspecified atom stereocenters. The van der Waals surface area contributed by atoms with E-state index < -0.39 is 10.0 Å². The van der Waals surface area contributed by atoms with E-state index >= 15 is 0 Å². The minimum absolute atomic E-state index is 0.158. The van der Waals surface area contributed by atoms with E-state index in [0.29, 0.717) is 63.9 Å². The lowest BCUT2D eigenvalue weighted by atomic mass is 10.1. The summed E-state index contributed by atoms with van der Waals surface area (Å²) in [6, 6.07) is 12.2. The lowest BCUT2D eigenvalue weighted by Crippen LogP contribution is -2.40. The van der Waals surface area contributed by atoms with Crippen molar-refractivity contribution in [1.82, 2.24) is 4.31 Å². The third-order valence-corrected chi connectivity index (χ3v) is 7.35. The first-order valence-corrected chi connectivity index (χ1v) is 11.8. The maximum Gasteiger partial charge on any atom is 0.255 e. The number of nitrogens with one attached hydrogen (secondary N) is 1. The highest BCUT2D eigenvalue weighted by Gasteiger charge is 2.28. The predicted octanol–water partition coefficient (Wildman–Crippen LogP) is 2.10. The smallest absolute Gasteiger partial charge is 0.255 e. The van der Waals surface area contributed by atoms with Crippen LogP contribution in [0.4, 0.5) is 11.4 Å². The first-order chi connectivity index (χ1) is 14.9. The Balaban J connectivity index is 1.68. The Labute approximate surface area is 182 Å². The molecule has 9 heteroatoms. The Morgan fingerprint density at radius 1 is 0.935 bits per heavy atom. The monoisotopic (exact) mass is 445 g/mol. The molecule has 1 amide bonds. The molecule has 4 rings (SSSR count). The molecule has 31 heavy (non-hydrogen) atoms. The van der Waals surface area contributed by atoms with Gasteiger partial charge >= 0.3 is 0 Å². The molecule has 8 nitrogen and oxygen atoms in total. The van der Waals surface area contributed by atoms with Gasteiger partial charge in [-0.1, -0.05) is 17.7 Å². The van der Waals surface area contributed by atoms with Crippen molar-refractivity contribution in [3.05, 3.63) is 53.6 Å². The van der Waals surface area contributed by atoms with Crippen LogP contribution in [0.3, 0.4) is 0 Å². The van der Waals surface area contributed by atoms with Gasteiger partial charge in [-0.3, -0.25) is 4.79 Å². The van der Waals surface area contributed by atoms with Gasteiger partial charge in [0.1, 0.15) is 0 Å². The molecule has 2 fully saturated rings. The van der Waals surface area contributed by atoms with Crippen LogP contribution in [0.2, 0.25) is 0 Å². The number of amides is 1. The fraction of sp³-hybridized carbons (Fsp3) is 0.409. The Hall–Kier alpha value is -2.46. The number of ether oxygens (including phenoxy) is 2. The number of nitrogens with zero attached hydrogens (tertiary/aromatic N) is 2. The molecule has 0 atom stereocenters. The van der Waals surface area contributed by atoms with Gasteiger partial charge in [-0.05, 0) is 37.3 Å². The SMILES string of the molecule is Cc1cccc(C(=O)Nc2cc(S(=O)(=O)N3CCOCC3)ccc2N2CCOCC2)c1. The van der Waals surface area contributed by atoms with Crippen molar-refractivity contribution in [2.45, 2.75) is 11.8 Å². The maximum atomic E-state index is 13.2. The van der Waals surface area contributed by atoms with Crippen molar-refractivity contribution in [1.29, 1.82) is 0 Å². The third kappa shape index (κ3) is 4.90. The molecular formula is C22H27N3O5S. The van der Waals surface area contributed by atoms with Gasteiger partial charge in [0.05, 0.1) is 42.7 Å². The summed E-state index contributed by atoms with van der Waals surface area (Å²) in [7, 11) is -3.68. The summed E-state index contributed by atoms with van der Waals surface area (Å²) in [6.45, 7) is 5.82. The maximum absolute atomic E-state index is 13.2. The second-order valence-electron chi connectivity index (χ2n) is 7.62. The highest BCUT2D eigenvalue weighted by atomic mass is 32.2. The van der Waals surface area contributed by atoms with Gasteiger partial charge in [-0.25, -0.2) is 8.42 Å². The number of sulfonamides is 1. The summed E-state index contributed by atoms with van der Waals surface area (Å²) < 4.78 is 38.4. The number of anilines is 2. The summed E-state index contributed by atoms with van der Waals surface area (Å²) in [4.78, 5) is 15.2. The lowest BCUT2D eigenvalue weighted by Gasteiger charge is -2.31. The van der Waals surface area contributed by atoms with Crippen molar-refractivity contribution in [2.24, 2.45) is 0 Å². The molecule has 0 spiro atoms. The molecule has 0 aromatic heterocycles. The van der Waals surface area contributed by atoms with Gasteiger partial charge in [0.2, 0.25) is 10.0 Å². The van der Waals surface area contributed by atoms with Gasteiger partial charge < -0.3 is 19.7 Å². The van der Waals surface area contributed by atoms with E-state index in [1.54, 1.807) is 30.3 Å². The molecule has 2 aliphatic rings. The van der Waals surface area contributed by atoms with Crippen LogP contribution >= 0.6 is 0 Å². The van der Waals surface area contributed by atoms with E-state index in [4.69, 9.17) is 9.47 Å². The van der Waals surface area contributed by atoms with Crippen molar-refractivity contribution < 1.29 is 22.7 Å². The molecule has 2 saturated heterocycles. The Morgan fingerprint density at radius 2 is 1.61 bits per heavy atom. The minimum atomic E-state index is -3.68. The number of hydrogen-bond acceptors (Lipinski definition) is 6. The van der Waals surface area contributed by atoms with Crippen LogP contribution in [0.25, 0.3) is 0 Å². The normalized spacial score (nSPS) is 18.0. The molecule has 0 saturated carbocycles. The van der Waals surface area contributed by atoms with Gasteiger partial charge in [0.25, 0.3) is 5.91 Å². The summed E-state index contributed by atoms with van der Waals surface area (Å²) in [5.74, 6) is -0.279. The van der Waals surface area contributed by atoms with E-state index in [1.165, 1.54) is 4.31 Å². The van der Waals surface area contributed by atoms with Crippen LogP contribution in [-0.4, -0.2) is 71.2 Å². The zero-order chi connectivity index (χ0) is 21.8. The first kappa shape index (κ1) is 21.8. The van der Waals surface area contributed by atoms with Crippen LogP contribution in [0.1, 0.15) is 15.9 Å². The van der Waals surface area contributed by atoms with E-state index in [0.717, 1.165) is 11.3 Å². The minimum Gasteiger partial charge on any atom is -0.379 e. The molecule has 1 N–H and O–H groups in total. The quantitative estimate of drug-likeness (QED) is 0.758. The Bertz CT molecular complexity index is 1040. The summed E-state index contributed by atoms with van der Waals surface area (Å²) in [5, 5.41) is 2.94. The summed E-state index contributed by atoms with van der Waals surface area (Å²) >= 11 is 0. The van der Waals surface area contributed by atoms with Gasteiger partial charge in [0.15, 0.2) is 0 Å². The number of rotatable bonds is 5. The van der Waals surface area contributed by atoms with Gasteiger partial charge in [-0.2, -0.15) is 4.31 Å². The van der Waals surface area contributed by atoms with Crippen LogP contribution in [0, 0.1) is 6.92 Å². The third-order valence-electron chi connectivity index (χ3n) is 5.46. The average molecular weight is 446 g/mol. The second-order valence-corrected chi connectivity index (χ2v) is 9.56. The number of hydrogen-bond donors (Lipinski definition) is 1. The molecular weight excluding hydrogens is 418 g/mol. The van der Waals surface area contributed by atoms with Crippen LogP contribution in [0.5, 0.6) is 0 Å². The topological polar surface area (TPSA) is 88.2 Å². The van der Waals surface area contributed by atoms with Gasteiger partial charge in [0, 0.05) is 31.7 Å². The van der Waals surface area contributed by atoms with E-state index in [2.05, 4.69) is 10.2 Å². The predicted molar refractivity (Wildman–Crippen MR) is 118 cm³/mol. The molecule has 2 heterocycles. The Kier molecular flexibility index (Phi) is 6.57. The van der Waals surface area contributed by atoms with Crippen molar-refractivity contribution >= 4 is 27.3 Å². The fourth-order valence-electron chi connectivity index (χ4n) is 3.77. The molecule has 0 aliphatic carbocycles. The van der Waals surface area contributed by atoms with Crippen LogP contribution in [-0.2, 0) is 19.5 Å². The number of carbonyl (C=O) groups excluding carboxylic acids is 1.